The number of rotatable bonds is 7. The van der Waals surface area contributed by atoms with Gasteiger partial charge in [0.2, 0.25) is 0 Å². The van der Waals surface area contributed by atoms with Gasteiger partial charge < -0.3 is 15.4 Å². The molecule has 1 unspecified atom stereocenters. The third kappa shape index (κ3) is 5.03. The maximum absolute atomic E-state index is 12.3. The van der Waals surface area contributed by atoms with Crippen LogP contribution in [-0.2, 0) is 0 Å². The molecule has 2 aromatic rings. The molecule has 6 heteroatoms. The fourth-order valence-electron chi connectivity index (χ4n) is 3.02. The number of piperidine rings is 1. The predicted octanol–water partition coefficient (Wildman–Crippen LogP) is 3.33. The number of amides is 1. The Balaban J connectivity index is 1.52. The predicted molar refractivity (Wildman–Crippen MR) is 101 cm³/mol. The lowest BCUT2D eigenvalue weighted by atomic mass is 9.96. The van der Waals surface area contributed by atoms with E-state index < -0.39 is 0 Å². The number of nitrogens with one attached hydrogen (secondary N) is 2. The van der Waals surface area contributed by atoms with Gasteiger partial charge in [0.15, 0.2) is 0 Å². The van der Waals surface area contributed by atoms with Crippen molar-refractivity contribution in [1.82, 2.24) is 15.6 Å². The summed E-state index contributed by atoms with van der Waals surface area (Å²) < 4.78 is 5.45. The van der Waals surface area contributed by atoms with Gasteiger partial charge in [-0.1, -0.05) is 0 Å². The monoisotopic (exact) mass is 359 g/mol. The summed E-state index contributed by atoms with van der Waals surface area (Å²) in [4.78, 5) is 16.7. The molecule has 1 aliphatic heterocycles. The number of carbonyl (C=O) groups excluding carboxylic acids is 1. The molecule has 0 spiro atoms. The van der Waals surface area contributed by atoms with Gasteiger partial charge in [0, 0.05) is 17.5 Å². The first-order chi connectivity index (χ1) is 12.3. The molecule has 1 aromatic heterocycles. The van der Waals surface area contributed by atoms with Crippen LogP contribution in [0.4, 0.5) is 0 Å². The number of hydrogen-bond acceptors (Lipinski definition) is 5. The molecule has 0 radical (unpaired) electrons. The molecular formula is C19H25N3O2S. The van der Waals surface area contributed by atoms with Crippen molar-refractivity contribution < 1.29 is 9.53 Å². The third-order valence-corrected chi connectivity index (χ3v) is 5.28. The van der Waals surface area contributed by atoms with Crippen molar-refractivity contribution in [2.75, 3.05) is 26.2 Å². The van der Waals surface area contributed by atoms with Crippen LogP contribution >= 0.6 is 11.3 Å². The number of nitrogens with zero attached hydrogens (tertiary/aromatic N) is 1. The smallest absolute Gasteiger partial charge is 0.270 e. The van der Waals surface area contributed by atoms with E-state index in [-0.39, 0.29) is 5.91 Å². The van der Waals surface area contributed by atoms with Crippen LogP contribution in [0.1, 0.15) is 36.7 Å². The summed E-state index contributed by atoms with van der Waals surface area (Å²) in [6.07, 6.45) is 3.51. The normalized spacial score (nSPS) is 17.2. The van der Waals surface area contributed by atoms with E-state index in [2.05, 4.69) is 15.6 Å². The van der Waals surface area contributed by atoms with Gasteiger partial charge in [-0.2, -0.15) is 0 Å². The zero-order valence-electron chi connectivity index (χ0n) is 14.6. The molecule has 3 rings (SSSR count). The van der Waals surface area contributed by atoms with Crippen molar-refractivity contribution in [3.05, 3.63) is 35.3 Å². The first-order valence-corrected chi connectivity index (χ1v) is 9.82. The second-order valence-corrected chi connectivity index (χ2v) is 7.11. The van der Waals surface area contributed by atoms with Crippen LogP contribution in [0, 0.1) is 5.92 Å². The molecule has 0 bridgehead atoms. The van der Waals surface area contributed by atoms with E-state index in [1.165, 1.54) is 24.2 Å². The summed E-state index contributed by atoms with van der Waals surface area (Å²) >= 11 is 1.49. The van der Waals surface area contributed by atoms with Crippen molar-refractivity contribution in [2.45, 2.75) is 26.2 Å². The Morgan fingerprint density at radius 2 is 2.24 bits per heavy atom. The molecule has 1 amide bonds. The zero-order valence-corrected chi connectivity index (χ0v) is 15.4. The van der Waals surface area contributed by atoms with E-state index >= 15 is 0 Å². The first-order valence-electron chi connectivity index (χ1n) is 8.94. The van der Waals surface area contributed by atoms with Crippen LogP contribution in [0.2, 0.25) is 0 Å². The Kier molecular flexibility index (Phi) is 6.42. The van der Waals surface area contributed by atoms with Crippen molar-refractivity contribution in [3.63, 3.8) is 0 Å². The van der Waals surface area contributed by atoms with Gasteiger partial charge in [-0.3, -0.25) is 4.79 Å². The quantitative estimate of drug-likeness (QED) is 0.796. The Morgan fingerprint density at radius 1 is 1.40 bits per heavy atom. The van der Waals surface area contributed by atoms with E-state index in [1.807, 2.05) is 36.6 Å². The lowest BCUT2D eigenvalue weighted by molar-refractivity contribution is 0.0946. The molecule has 1 fully saturated rings. The average molecular weight is 359 g/mol. The van der Waals surface area contributed by atoms with Crippen LogP contribution in [0.25, 0.3) is 10.6 Å². The summed E-state index contributed by atoms with van der Waals surface area (Å²) in [6, 6.07) is 7.81. The highest BCUT2D eigenvalue weighted by Crippen LogP contribution is 2.25. The summed E-state index contributed by atoms with van der Waals surface area (Å²) in [5.41, 5.74) is 1.50. The van der Waals surface area contributed by atoms with E-state index in [1.54, 1.807) is 0 Å². The van der Waals surface area contributed by atoms with Gasteiger partial charge in [0.05, 0.1) is 6.61 Å². The van der Waals surface area contributed by atoms with Crippen molar-refractivity contribution in [1.29, 1.82) is 0 Å². The van der Waals surface area contributed by atoms with E-state index in [4.69, 9.17) is 4.74 Å². The topological polar surface area (TPSA) is 63.2 Å². The fourth-order valence-corrected chi connectivity index (χ4v) is 3.83. The molecule has 1 saturated heterocycles. The highest BCUT2D eigenvalue weighted by Gasteiger charge is 2.15. The Labute approximate surface area is 152 Å². The van der Waals surface area contributed by atoms with Gasteiger partial charge in [0.1, 0.15) is 16.5 Å². The van der Waals surface area contributed by atoms with Crippen molar-refractivity contribution in [3.8, 4) is 16.3 Å². The summed E-state index contributed by atoms with van der Waals surface area (Å²) in [7, 11) is 0. The first kappa shape index (κ1) is 17.9. The lowest BCUT2D eigenvalue weighted by Crippen LogP contribution is -2.33. The second kappa shape index (κ2) is 8.97. The largest absolute Gasteiger partial charge is 0.494 e. The maximum atomic E-state index is 12.3. The van der Waals surface area contributed by atoms with Gasteiger partial charge in [-0.05, 0) is 69.5 Å². The number of aromatic nitrogens is 1. The number of carbonyl (C=O) groups is 1. The third-order valence-electron chi connectivity index (χ3n) is 4.39. The Bertz CT molecular complexity index is 678. The summed E-state index contributed by atoms with van der Waals surface area (Å²) in [5.74, 6) is 1.43. The van der Waals surface area contributed by atoms with Gasteiger partial charge >= 0.3 is 0 Å². The van der Waals surface area contributed by atoms with Crippen LogP contribution in [0.5, 0.6) is 5.75 Å². The average Bonchev–Trinajstić information content (AvgIpc) is 3.14. The van der Waals surface area contributed by atoms with Crippen LogP contribution in [-0.4, -0.2) is 37.1 Å². The highest BCUT2D eigenvalue weighted by atomic mass is 32.1. The van der Waals surface area contributed by atoms with Gasteiger partial charge in [-0.15, -0.1) is 11.3 Å². The van der Waals surface area contributed by atoms with E-state index in [9.17, 15) is 4.79 Å². The molecule has 5 nitrogen and oxygen atoms in total. The fraction of sp³-hybridized carbons (Fsp3) is 0.474. The minimum Gasteiger partial charge on any atom is -0.494 e. The molecule has 1 atom stereocenters. The second-order valence-electron chi connectivity index (χ2n) is 6.25. The number of ether oxygens (including phenoxy) is 1. The summed E-state index contributed by atoms with van der Waals surface area (Å²) in [5, 5.41) is 9.07. The van der Waals surface area contributed by atoms with Gasteiger partial charge in [-0.25, -0.2) is 4.98 Å². The molecule has 1 aromatic carbocycles. The van der Waals surface area contributed by atoms with Crippen LogP contribution in [0.15, 0.2) is 29.6 Å². The molecule has 1 aliphatic rings. The molecule has 2 N–H and O–H groups in total. The molecule has 2 heterocycles. The Hall–Kier alpha value is -1.92. The highest BCUT2D eigenvalue weighted by molar-refractivity contribution is 7.13. The van der Waals surface area contributed by atoms with E-state index in [0.29, 0.717) is 24.8 Å². The maximum Gasteiger partial charge on any atom is 0.270 e. The van der Waals surface area contributed by atoms with Gasteiger partial charge in [0.25, 0.3) is 5.91 Å². The number of benzene rings is 1. The molecule has 134 valence electrons. The Morgan fingerprint density at radius 3 is 2.96 bits per heavy atom. The number of thiazole rings is 1. The molecule has 0 aliphatic carbocycles. The molecular weight excluding hydrogens is 334 g/mol. The van der Waals surface area contributed by atoms with E-state index in [0.717, 1.165) is 35.8 Å². The lowest BCUT2D eigenvalue weighted by Gasteiger charge is -2.22. The SMILES string of the molecule is CCOc1ccc(-c2nc(C(=O)NCCC3CCCNC3)cs2)cc1. The minimum absolute atomic E-state index is 0.0859. The number of hydrogen-bond donors (Lipinski definition) is 2. The van der Waals surface area contributed by atoms with Crippen molar-refractivity contribution >= 4 is 17.2 Å². The molecule has 0 saturated carbocycles. The van der Waals surface area contributed by atoms with Crippen molar-refractivity contribution in [2.24, 2.45) is 5.92 Å². The standard InChI is InChI=1S/C19H25N3O2S/c1-2-24-16-7-5-15(6-8-16)19-22-17(13-25-19)18(23)21-11-9-14-4-3-10-20-12-14/h5-8,13-14,20H,2-4,9-12H2,1H3,(H,21,23). The minimum atomic E-state index is -0.0859. The summed E-state index contributed by atoms with van der Waals surface area (Å²) in [6.45, 7) is 5.51. The van der Waals surface area contributed by atoms with Crippen LogP contribution < -0.4 is 15.4 Å². The van der Waals surface area contributed by atoms with Crippen LogP contribution in [0.3, 0.4) is 0 Å². The molecule has 25 heavy (non-hydrogen) atoms. The zero-order chi connectivity index (χ0) is 17.5.